The minimum Gasteiger partial charge on any atom is -0.446 e. The zero-order valence-electron chi connectivity index (χ0n) is 12.8. The Morgan fingerprint density at radius 2 is 2.12 bits per heavy atom. The number of sulfonamides is 1. The molecule has 130 valence electrons. The lowest BCUT2D eigenvalue weighted by atomic mass is 10.2. The van der Waals surface area contributed by atoms with E-state index in [1.165, 1.54) is 6.07 Å². The normalized spacial score (nSPS) is 12.6. The molecule has 0 fully saturated rings. The number of nitrogens with one attached hydrogen (secondary N) is 1. The second kappa shape index (κ2) is 6.84. The van der Waals surface area contributed by atoms with Crippen molar-refractivity contribution in [3.8, 4) is 0 Å². The first-order valence-electron chi connectivity index (χ1n) is 6.78. The summed E-state index contributed by atoms with van der Waals surface area (Å²) in [6, 6.07) is 3.61. The quantitative estimate of drug-likeness (QED) is 0.719. The van der Waals surface area contributed by atoms with Gasteiger partial charge in [-0.2, -0.15) is 0 Å². The van der Waals surface area contributed by atoms with Gasteiger partial charge in [-0.15, -0.1) is 0 Å². The molecule has 24 heavy (non-hydrogen) atoms. The van der Waals surface area contributed by atoms with Crippen molar-refractivity contribution in [1.82, 2.24) is 5.16 Å². The number of primary sulfonamides is 1. The number of furan rings is 1. The van der Waals surface area contributed by atoms with E-state index < -0.39 is 33.1 Å². The molecule has 0 aliphatic rings. The lowest BCUT2D eigenvalue weighted by Gasteiger charge is -2.14. The fraction of sp³-hybridized carbons (Fsp3) is 0.308. The number of nitrogens with two attached hydrogens (primary N) is 1. The van der Waals surface area contributed by atoms with Gasteiger partial charge >= 0.3 is 5.97 Å². The van der Waals surface area contributed by atoms with Crippen LogP contribution in [0, 0.1) is 6.92 Å². The van der Waals surface area contributed by atoms with Gasteiger partial charge in [-0.3, -0.25) is 4.79 Å². The maximum Gasteiger partial charge on any atom is 0.375 e. The van der Waals surface area contributed by atoms with Crippen LogP contribution in [0.4, 0.5) is 5.82 Å². The van der Waals surface area contributed by atoms with Crippen LogP contribution in [0.15, 0.2) is 32.2 Å². The molecule has 0 saturated heterocycles. The molecule has 3 N–H and O–H groups in total. The van der Waals surface area contributed by atoms with Gasteiger partial charge in [-0.05, 0) is 25.5 Å². The summed E-state index contributed by atoms with van der Waals surface area (Å²) >= 11 is 0. The third-order valence-electron chi connectivity index (χ3n) is 2.85. The summed E-state index contributed by atoms with van der Waals surface area (Å²) < 4.78 is 36.9. The summed E-state index contributed by atoms with van der Waals surface area (Å²) in [6.45, 7) is 3.28. The molecular weight excluding hydrogens is 342 g/mol. The highest BCUT2D eigenvalue weighted by Crippen LogP contribution is 2.15. The first-order valence-corrected chi connectivity index (χ1v) is 8.33. The molecule has 0 bridgehead atoms. The van der Waals surface area contributed by atoms with Crippen LogP contribution < -0.4 is 10.5 Å². The number of carbonyl (C=O) groups excluding carboxylic acids is 2. The monoisotopic (exact) mass is 357 g/mol. The standard InChI is InChI=1S/C13H15N3O7S/c1-3-8(12(17)15-10-6-7(2)23-16-10)22-13(18)9-4-5-11(21-9)24(14,19)20/h4-6,8H,3H2,1-2H3,(H2,14,19,20)(H,15,16,17). The van der Waals surface area contributed by atoms with Gasteiger partial charge in [0.1, 0.15) is 5.76 Å². The molecule has 1 atom stereocenters. The molecular formula is C13H15N3O7S. The molecule has 2 aromatic rings. The number of hydrogen-bond acceptors (Lipinski definition) is 8. The molecule has 0 saturated carbocycles. The van der Waals surface area contributed by atoms with Crippen LogP contribution in [0.5, 0.6) is 0 Å². The van der Waals surface area contributed by atoms with Crippen LogP contribution in [-0.4, -0.2) is 31.6 Å². The number of aromatic nitrogens is 1. The van der Waals surface area contributed by atoms with E-state index in [9.17, 15) is 18.0 Å². The minimum absolute atomic E-state index is 0.178. The van der Waals surface area contributed by atoms with E-state index >= 15 is 0 Å². The highest BCUT2D eigenvalue weighted by atomic mass is 32.2. The van der Waals surface area contributed by atoms with E-state index in [2.05, 4.69) is 10.5 Å². The Hall–Kier alpha value is -2.66. The molecule has 0 radical (unpaired) electrons. The third kappa shape index (κ3) is 4.20. The molecule has 11 heteroatoms. The summed E-state index contributed by atoms with van der Waals surface area (Å²) in [5.74, 6) is -1.31. The SMILES string of the molecule is CCC(OC(=O)c1ccc(S(N)(=O)=O)o1)C(=O)Nc1cc(C)on1. The molecule has 2 aromatic heterocycles. The highest BCUT2D eigenvalue weighted by molar-refractivity contribution is 7.89. The Labute approximate surface area is 137 Å². The van der Waals surface area contributed by atoms with Crippen molar-refractivity contribution in [3.05, 3.63) is 29.7 Å². The second-order valence-electron chi connectivity index (χ2n) is 4.78. The van der Waals surface area contributed by atoms with Crippen molar-refractivity contribution in [3.63, 3.8) is 0 Å². The molecule has 2 rings (SSSR count). The predicted molar refractivity (Wildman–Crippen MR) is 79.4 cm³/mol. The van der Waals surface area contributed by atoms with Crippen molar-refractivity contribution in [2.45, 2.75) is 31.5 Å². The molecule has 1 amide bonds. The zero-order chi connectivity index (χ0) is 17.9. The summed E-state index contributed by atoms with van der Waals surface area (Å²) in [6.07, 6.45) is -0.950. The first kappa shape index (κ1) is 17.7. The Balaban J connectivity index is 2.05. The molecule has 0 aliphatic carbocycles. The van der Waals surface area contributed by atoms with Gasteiger partial charge in [-0.25, -0.2) is 18.4 Å². The summed E-state index contributed by atoms with van der Waals surface area (Å²) in [5.41, 5.74) is 0. The van der Waals surface area contributed by atoms with Crippen LogP contribution in [-0.2, 0) is 19.6 Å². The number of anilines is 1. The van der Waals surface area contributed by atoms with Crippen LogP contribution in [0.2, 0.25) is 0 Å². The van der Waals surface area contributed by atoms with Gasteiger partial charge in [0.15, 0.2) is 11.9 Å². The first-order chi connectivity index (χ1) is 11.2. The lowest BCUT2D eigenvalue weighted by molar-refractivity contribution is -0.124. The Morgan fingerprint density at radius 1 is 1.42 bits per heavy atom. The van der Waals surface area contributed by atoms with Gasteiger partial charge in [0.05, 0.1) is 0 Å². The van der Waals surface area contributed by atoms with Crippen LogP contribution in [0.1, 0.15) is 29.7 Å². The fourth-order valence-corrected chi connectivity index (χ4v) is 2.19. The van der Waals surface area contributed by atoms with Gasteiger partial charge in [0.2, 0.25) is 10.9 Å². The molecule has 0 aromatic carbocycles. The topological polar surface area (TPSA) is 155 Å². The van der Waals surface area contributed by atoms with Crippen molar-refractivity contribution in [2.75, 3.05) is 5.32 Å². The summed E-state index contributed by atoms with van der Waals surface area (Å²) in [5, 5.41) is 10.3. The number of hydrogen-bond donors (Lipinski definition) is 2. The zero-order valence-corrected chi connectivity index (χ0v) is 13.6. The Morgan fingerprint density at radius 3 is 2.62 bits per heavy atom. The minimum atomic E-state index is -4.08. The molecule has 10 nitrogen and oxygen atoms in total. The number of nitrogens with zero attached hydrogens (tertiary/aromatic N) is 1. The van der Waals surface area contributed by atoms with E-state index in [1.54, 1.807) is 13.8 Å². The second-order valence-corrected chi connectivity index (χ2v) is 6.27. The average Bonchev–Trinajstić information content (AvgIpc) is 3.13. The van der Waals surface area contributed by atoms with E-state index in [1.807, 2.05) is 0 Å². The van der Waals surface area contributed by atoms with E-state index in [0.717, 1.165) is 12.1 Å². The van der Waals surface area contributed by atoms with Crippen molar-refractivity contribution < 1.29 is 31.7 Å². The van der Waals surface area contributed by atoms with E-state index in [0.29, 0.717) is 5.76 Å². The van der Waals surface area contributed by atoms with Gasteiger partial charge in [0.25, 0.3) is 15.9 Å². The van der Waals surface area contributed by atoms with Crippen molar-refractivity contribution in [2.24, 2.45) is 5.14 Å². The van der Waals surface area contributed by atoms with Gasteiger partial charge in [0, 0.05) is 6.07 Å². The van der Waals surface area contributed by atoms with E-state index in [4.69, 9.17) is 18.8 Å². The van der Waals surface area contributed by atoms with Gasteiger partial charge < -0.3 is 19.0 Å². The smallest absolute Gasteiger partial charge is 0.375 e. The number of rotatable bonds is 6. The van der Waals surface area contributed by atoms with Crippen molar-refractivity contribution >= 4 is 27.7 Å². The maximum absolute atomic E-state index is 12.1. The van der Waals surface area contributed by atoms with Crippen LogP contribution >= 0.6 is 0 Å². The number of amides is 1. The average molecular weight is 357 g/mol. The molecule has 0 aliphatic heterocycles. The molecule has 1 unspecified atom stereocenters. The van der Waals surface area contributed by atoms with E-state index in [-0.39, 0.29) is 18.0 Å². The summed E-state index contributed by atoms with van der Waals surface area (Å²) in [4.78, 5) is 24.0. The maximum atomic E-state index is 12.1. The van der Waals surface area contributed by atoms with Crippen LogP contribution in [0.25, 0.3) is 0 Å². The fourth-order valence-electron chi connectivity index (χ4n) is 1.72. The Bertz CT molecular complexity index is 853. The third-order valence-corrected chi connectivity index (χ3v) is 3.63. The van der Waals surface area contributed by atoms with Crippen LogP contribution in [0.3, 0.4) is 0 Å². The lowest BCUT2D eigenvalue weighted by Crippen LogP contribution is -2.32. The number of esters is 1. The number of carbonyl (C=O) groups is 2. The van der Waals surface area contributed by atoms with Crippen molar-refractivity contribution in [1.29, 1.82) is 0 Å². The Kier molecular flexibility index (Phi) is 5.04. The highest BCUT2D eigenvalue weighted by Gasteiger charge is 2.25. The predicted octanol–water partition coefficient (Wildman–Crippen LogP) is 0.798. The summed E-state index contributed by atoms with van der Waals surface area (Å²) in [7, 11) is -4.08. The molecule has 0 spiro atoms. The largest absolute Gasteiger partial charge is 0.446 e. The molecule has 2 heterocycles. The number of aryl methyl sites for hydroxylation is 1. The van der Waals surface area contributed by atoms with Gasteiger partial charge in [-0.1, -0.05) is 12.1 Å². The number of ether oxygens (including phenoxy) is 1.